The summed E-state index contributed by atoms with van der Waals surface area (Å²) in [6.07, 6.45) is 3.28. The monoisotopic (exact) mass is 421 g/mol. The van der Waals surface area contributed by atoms with Crippen LogP contribution in [0.1, 0.15) is 11.1 Å². The van der Waals surface area contributed by atoms with Crippen molar-refractivity contribution < 1.29 is 4.79 Å². The number of nitrogens with two attached hydrogens (primary N) is 1. The zero-order chi connectivity index (χ0) is 19.1. The molecule has 3 aromatic rings. The van der Waals surface area contributed by atoms with E-state index in [0.29, 0.717) is 11.4 Å². The first-order valence-electron chi connectivity index (χ1n) is 8.52. The Kier molecular flexibility index (Phi) is 6.28. The number of carbonyl (C=O) groups excluding carboxylic acids is 1. The molecule has 0 unspecified atom stereocenters. The molecule has 4 N–H and O–H groups in total. The van der Waals surface area contributed by atoms with Gasteiger partial charge in [0.2, 0.25) is 5.91 Å². The highest BCUT2D eigenvalue weighted by molar-refractivity contribution is 9.10. The zero-order valence-electron chi connectivity index (χ0n) is 14.7. The SMILES string of the molecule is Nc1ccccc1NC(=O)/C=C/c1ccc(CNc2cccc(Br)c2)cc1. The number of rotatable bonds is 6. The number of anilines is 3. The van der Waals surface area contributed by atoms with E-state index in [9.17, 15) is 4.79 Å². The highest BCUT2D eigenvalue weighted by Crippen LogP contribution is 2.18. The molecule has 0 saturated heterocycles. The van der Waals surface area contributed by atoms with E-state index >= 15 is 0 Å². The minimum absolute atomic E-state index is 0.215. The van der Waals surface area contributed by atoms with Crippen LogP contribution in [0.3, 0.4) is 0 Å². The van der Waals surface area contributed by atoms with Crippen molar-refractivity contribution in [3.63, 3.8) is 0 Å². The van der Waals surface area contributed by atoms with E-state index in [4.69, 9.17) is 5.73 Å². The first kappa shape index (κ1) is 18.7. The minimum Gasteiger partial charge on any atom is -0.397 e. The van der Waals surface area contributed by atoms with Crippen molar-refractivity contribution >= 4 is 45.0 Å². The molecular weight excluding hydrogens is 402 g/mol. The average molecular weight is 422 g/mol. The zero-order valence-corrected chi connectivity index (χ0v) is 16.2. The molecule has 3 aromatic carbocycles. The van der Waals surface area contributed by atoms with Gasteiger partial charge in [0.25, 0.3) is 0 Å². The van der Waals surface area contributed by atoms with E-state index in [1.54, 1.807) is 18.2 Å². The maximum Gasteiger partial charge on any atom is 0.248 e. The number of halogens is 1. The Labute approximate surface area is 167 Å². The third-order valence-electron chi connectivity index (χ3n) is 3.95. The molecule has 3 rings (SSSR count). The van der Waals surface area contributed by atoms with Crippen molar-refractivity contribution in [2.45, 2.75) is 6.54 Å². The molecule has 0 heterocycles. The predicted octanol–water partition coefficient (Wildman–Crippen LogP) is 5.30. The van der Waals surface area contributed by atoms with Crippen molar-refractivity contribution in [1.29, 1.82) is 0 Å². The first-order chi connectivity index (χ1) is 13.1. The van der Waals surface area contributed by atoms with Crippen molar-refractivity contribution in [3.05, 3.63) is 94.5 Å². The maximum absolute atomic E-state index is 12.0. The Morgan fingerprint density at radius 2 is 1.78 bits per heavy atom. The second kappa shape index (κ2) is 9.05. The topological polar surface area (TPSA) is 67.1 Å². The van der Waals surface area contributed by atoms with Crippen LogP contribution in [0.2, 0.25) is 0 Å². The summed E-state index contributed by atoms with van der Waals surface area (Å²) in [5.74, 6) is -0.215. The van der Waals surface area contributed by atoms with Crippen molar-refractivity contribution in [2.24, 2.45) is 0 Å². The van der Waals surface area contributed by atoms with Crippen molar-refractivity contribution in [3.8, 4) is 0 Å². The summed E-state index contributed by atoms with van der Waals surface area (Å²) in [5.41, 5.74) is 10.2. The van der Waals surface area contributed by atoms with Gasteiger partial charge in [-0.2, -0.15) is 0 Å². The third-order valence-corrected chi connectivity index (χ3v) is 4.44. The molecule has 0 aliphatic carbocycles. The van der Waals surface area contributed by atoms with Gasteiger partial charge < -0.3 is 16.4 Å². The number of para-hydroxylation sites is 2. The largest absolute Gasteiger partial charge is 0.397 e. The summed E-state index contributed by atoms with van der Waals surface area (Å²) in [6.45, 7) is 0.730. The molecule has 0 fully saturated rings. The molecule has 0 saturated carbocycles. The van der Waals surface area contributed by atoms with Gasteiger partial charge >= 0.3 is 0 Å². The van der Waals surface area contributed by atoms with E-state index in [0.717, 1.165) is 27.8 Å². The fourth-order valence-corrected chi connectivity index (χ4v) is 2.91. The van der Waals surface area contributed by atoms with Gasteiger partial charge in [-0.25, -0.2) is 0 Å². The van der Waals surface area contributed by atoms with Crippen LogP contribution in [0, 0.1) is 0 Å². The van der Waals surface area contributed by atoms with Crippen molar-refractivity contribution in [2.75, 3.05) is 16.4 Å². The lowest BCUT2D eigenvalue weighted by Crippen LogP contribution is -2.09. The molecule has 1 amide bonds. The van der Waals surface area contributed by atoms with Gasteiger partial charge in [-0.1, -0.05) is 58.4 Å². The summed E-state index contributed by atoms with van der Waals surface area (Å²) in [5, 5.41) is 6.15. The quantitative estimate of drug-likeness (QED) is 0.373. The normalized spacial score (nSPS) is 10.7. The fourth-order valence-electron chi connectivity index (χ4n) is 2.51. The number of benzene rings is 3. The Balaban J connectivity index is 1.54. The van der Waals surface area contributed by atoms with Crippen LogP contribution in [-0.2, 0) is 11.3 Å². The van der Waals surface area contributed by atoms with Crippen LogP contribution in [0.25, 0.3) is 6.08 Å². The lowest BCUT2D eigenvalue weighted by atomic mass is 10.1. The van der Waals surface area contributed by atoms with E-state index in [1.165, 1.54) is 6.08 Å². The molecule has 0 aliphatic rings. The molecule has 0 radical (unpaired) electrons. The molecule has 0 aromatic heterocycles. The molecule has 4 nitrogen and oxygen atoms in total. The van der Waals surface area contributed by atoms with Gasteiger partial charge in [-0.15, -0.1) is 0 Å². The van der Waals surface area contributed by atoms with Crippen LogP contribution in [0.15, 0.2) is 83.3 Å². The second-order valence-electron chi connectivity index (χ2n) is 6.02. The van der Waals surface area contributed by atoms with Gasteiger partial charge in [-0.05, 0) is 47.5 Å². The average Bonchev–Trinajstić information content (AvgIpc) is 2.67. The Bertz CT molecular complexity index is 952. The predicted molar refractivity (Wildman–Crippen MR) is 116 cm³/mol. The molecule has 0 aliphatic heterocycles. The van der Waals surface area contributed by atoms with E-state index in [1.807, 2.05) is 60.7 Å². The fraction of sp³-hybridized carbons (Fsp3) is 0.0455. The first-order valence-corrected chi connectivity index (χ1v) is 9.31. The third kappa shape index (κ3) is 5.72. The van der Waals surface area contributed by atoms with E-state index in [-0.39, 0.29) is 5.91 Å². The van der Waals surface area contributed by atoms with Gasteiger partial charge in [0.15, 0.2) is 0 Å². The van der Waals surface area contributed by atoms with Crippen molar-refractivity contribution in [1.82, 2.24) is 0 Å². The Hall–Kier alpha value is -3.05. The van der Waals surface area contributed by atoms with Crippen LogP contribution >= 0.6 is 15.9 Å². The number of nitrogen functional groups attached to an aromatic ring is 1. The summed E-state index contributed by atoms with van der Waals surface area (Å²) in [6, 6.07) is 23.3. The summed E-state index contributed by atoms with van der Waals surface area (Å²) in [4.78, 5) is 12.0. The molecule has 27 heavy (non-hydrogen) atoms. The van der Waals surface area contributed by atoms with Crippen LogP contribution in [0.5, 0.6) is 0 Å². The van der Waals surface area contributed by atoms with Crippen LogP contribution in [-0.4, -0.2) is 5.91 Å². The van der Waals surface area contributed by atoms with Gasteiger partial charge in [0.05, 0.1) is 11.4 Å². The molecule has 0 bridgehead atoms. The number of hydrogen-bond acceptors (Lipinski definition) is 3. The summed E-state index contributed by atoms with van der Waals surface area (Å²) < 4.78 is 1.04. The maximum atomic E-state index is 12.0. The van der Waals surface area contributed by atoms with Gasteiger partial charge in [-0.3, -0.25) is 4.79 Å². The highest BCUT2D eigenvalue weighted by Gasteiger charge is 2.01. The van der Waals surface area contributed by atoms with E-state index in [2.05, 4.69) is 26.6 Å². The standard InChI is InChI=1S/C22H20BrN3O/c23-18-4-3-5-19(14-18)25-15-17-10-8-16(9-11-17)12-13-22(27)26-21-7-2-1-6-20(21)24/h1-14,25H,15,24H2,(H,26,27)/b13-12+. The van der Waals surface area contributed by atoms with E-state index < -0.39 is 0 Å². The number of nitrogens with one attached hydrogen (secondary N) is 2. The minimum atomic E-state index is -0.215. The molecule has 0 spiro atoms. The van der Waals surface area contributed by atoms with Gasteiger partial charge in [0, 0.05) is 22.8 Å². The lowest BCUT2D eigenvalue weighted by molar-refractivity contribution is -0.111. The van der Waals surface area contributed by atoms with Crippen LogP contribution < -0.4 is 16.4 Å². The number of carbonyl (C=O) groups is 1. The molecule has 5 heteroatoms. The van der Waals surface area contributed by atoms with Gasteiger partial charge in [0.1, 0.15) is 0 Å². The number of hydrogen-bond donors (Lipinski definition) is 3. The highest BCUT2D eigenvalue weighted by atomic mass is 79.9. The smallest absolute Gasteiger partial charge is 0.248 e. The summed E-state index contributed by atoms with van der Waals surface area (Å²) in [7, 11) is 0. The molecule has 0 atom stereocenters. The second-order valence-corrected chi connectivity index (χ2v) is 6.93. The Morgan fingerprint density at radius 1 is 1.00 bits per heavy atom. The molecule has 136 valence electrons. The Morgan fingerprint density at radius 3 is 2.52 bits per heavy atom. The number of amides is 1. The summed E-state index contributed by atoms with van der Waals surface area (Å²) >= 11 is 3.46. The molecular formula is C22H20BrN3O. The lowest BCUT2D eigenvalue weighted by Gasteiger charge is -2.07. The van der Waals surface area contributed by atoms with Crippen LogP contribution in [0.4, 0.5) is 17.1 Å².